The molecule has 6 aromatic heterocycles. The lowest BCUT2D eigenvalue weighted by atomic mass is 9.79. The first-order chi connectivity index (χ1) is 24.8. The Bertz CT molecular complexity index is 2230. The first-order valence-electron chi connectivity index (χ1n) is 17.8. The first-order valence-corrected chi connectivity index (χ1v) is 17.8. The molecule has 0 amide bonds. The summed E-state index contributed by atoms with van der Waals surface area (Å²) in [5.74, 6) is 0. The lowest BCUT2D eigenvalue weighted by Crippen LogP contribution is -2.16. The van der Waals surface area contributed by atoms with Crippen molar-refractivity contribution in [1.82, 2.24) is 29.9 Å². The average Bonchev–Trinajstić information content (AvgIpc) is 3.19. The highest BCUT2D eigenvalue weighted by Gasteiger charge is 2.32. The van der Waals surface area contributed by atoms with Crippen LogP contribution in [-0.2, 0) is 51.4 Å². The number of nitrogens with zero attached hydrogens (tertiary/aromatic N) is 6. The van der Waals surface area contributed by atoms with E-state index in [9.17, 15) is 0 Å². The van der Waals surface area contributed by atoms with Gasteiger partial charge in [0.1, 0.15) is 0 Å². The minimum atomic E-state index is 0.949. The van der Waals surface area contributed by atoms with E-state index >= 15 is 0 Å². The molecule has 1 aromatic carbocycles. The summed E-state index contributed by atoms with van der Waals surface area (Å²) in [5.41, 5.74) is 23.5. The minimum absolute atomic E-state index is 0.949. The zero-order valence-electron chi connectivity index (χ0n) is 27.6. The Hall–Kier alpha value is -5.88. The molecule has 0 spiro atoms. The van der Waals surface area contributed by atoms with Crippen LogP contribution in [0.1, 0.15) is 44.5 Å². The first kappa shape index (κ1) is 28.0. The summed E-state index contributed by atoms with van der Waals surface area (Å²) >= 11 is 0. The molecule has 0 aliphatic heterocycles. The van der Waals surface area contributed by atoms with Crippen LogP contribution in [0.4, 0.5) is 0 Å². The van der Waals surface area contributed by atoms with Crippen molar-refractivity contribution in [1.29, 1.82) is 0 Å². The van der Waals surface area contributed by atoms with Crippen LogP contribution in [0, 0.1) is 0 Å². The maximum Gasteiger partial charge on any atom is 0.0935 e. The molecular formula is C44H32N6. The van der Waals surface area contributed by atoms with E-state index in [2.05, 4.69) is 48.5 Å². The molecule has 0 N–H and O–H groups in total. The molecule has 11 rings (SSSR count). The molecule has 6 heteroatoms. The Kier molecular flexibility index (Phi) is 6.06. The molecule has 0 atom stereocenters. The van der Waals surface area contributed by atoms with Crippen molar-refractivity contribution in [3.8, 4) is 67.8 Å². The van der Waals surface area contributed by atoms with Crippen molar-refractivity contribution < 1.29 is 0 Å². The van der Waals surface area contributed by atoms with Gasteiger partial charge in [0.15, 0.2) is 0 Å². The van der Waals surface area contributed by atoms with Gasteiger partial charge in [-0.25, -0.2) is 9.97 Å². The van der Waals surface area contributed by atoms with Gasteiger partial charge in [0.2, 0.25) is 0 Å². The maximum atomic E-state index is 5.38. The fourth-order valence-corrected chi connectivity index (χ4v) is 9.04. The van der Waals surface area contributed by atoms with E-state index in [1.165, 1.54) is 66.8 Å². The number of hydrogen-bond donors (Lipinski definition) is 0. The van der Waals surface area contributed by atoms with Gasteiger partial charge in [0, 0.05) is 24.8 Å². The highest BCUT2D eigenvalue weighted by Crippen LogP contribution is 2.47. The zero-order chi connectivity index (χ0) is 32.8. The van der Waals surface area contributed by atoms with Crippen molar-refractivity contribution in [2.75, 3.05) is 0 Å². The molecule has 50 heavy (non-hydrogen) atoms. The number of rotatable bonds is 2. The number of aryl methyl sites for hydroxylation is 4. The fourth-order valence-electron chi connectivity index (χ4n) is 9.04. The summed E-state index contributed by atoms with van der Waals surface area (Å²) in [5, 5.41) is 0. The van der Waals surface area contributed by atoms with Gasteiger partial charge in [0.25, 0.3) is 0 Å². The summed E-state index contributed by atoms with van der Waals surface area (Å²) in [6.45, 7) is 0. The molecule has 0 unspecified atom stereocenters. The normalized spacial score (nSPS) is 14.6. The molecule has 0 saturated carbocycles. The number of benzene rings is 1. The highest BCUT2D eigenvalue weighted by atomic mass is 14.9. The third-order valence-electron chi connectivity index (χ3n) is 11.3. The standard InChI is InChI=1S/C44H32N6/c1-5-27-13-17-31-35(32-18-14-28-6-2-22-46-38(28)42(32)49-41(31)37(27)45-21-1)25-9-11-26(12-10-25)36-33-19-15-29-7-3-23-47-39(29)43(33)50-44-34(36)20-16-30-8-4-24-48-40(30)44/h1-12,21-24H,13-20H2. The van der Waals surface area contributed by atoms with Crippen molar-refractivity contribution >= 4 is 0 Å². The third kappa shape index (κ3) is 4.08. The summed E-state index contributed by atoms with van der Waals surface area (Å²) in [7, 11) is 0. The van der Waals surface area contributed by atoms with Gasteiger partial charge < -0.3 is 0 Å². The Morgan fingerprint density at radius 3 is 0.860 bits per heavy atom. The van der Waals surface area contributed by atoms with Gasteiger partial charge in [-0.3, -0.25) is 19.9 Å². The van der Waals surface area contributed by atoms with Gasteiger partial charge in [-0.15, -0.1) is 0 Å². The lowest BCUT2D eigenvalue weighted by molar-refractivity contribution is 0.876. The van der Waals surface area contributed by atoms with Crippen molar-refractivity contribution in [3.05, 3.63) is 142 Å². The quantitative estimate of drug-likeness (QED) is 0.188. The largest absolute Gasteiger partial charge is 0.254 e. The van der Waals surface area contributed by atoms with E-state index in [0.717, 1.165) is 96.9 Å². The van der Waals surface area contributed by atoms with Gasteiger partial charge in [-0.1, -0.05) is 48.5 Å². The maximum absolute atomic E-state index is 5.38. The topological polar surface area (TPSA) is 77.3 Å². The van der Waals surface area contributed by atoms with E-state index < -0.39 is 0 Å². The smallest absolute Gasteiger partial charge is 0.0935 e. The molecule has 4 aliphatic rings. The van der Waals surface area contributed by atoms with Crippen molar-refractivity contribution in [3.63, 3.8) is 0 Å². The van der Waals surface area contributed by atoms with E-state index in [0.29, 0.717) is 0 Å². The van der Waals surface area contributed by atoms with Gasteiger partial charge in [-0.05, 0) is 142 Å². The highest BCUT2D eigenvalue weighted by molar-refractivity contribution is 5.90. The summed E-state index contributed by atoms with van der Waals surface area (Å²) in [4.78, 5) is 30.2. The number of aromatic nitrogens is 6. The SMILES string of the molecule is c1cnc2c(c1)CCc1c-2nc2c(c1-c1ccc(-c3c4c(nc5c3CCc3cccnc3-5)-c3ncccc3CC4)cc1)CCc1cccnc1-2. The second kappa shape index (κ2) is 10.8. The van der Waals surface area contributed by atoms with Crippen LogP contribution in [0.5, 0.6) is 0 Å². The van der Waals surface area contributed by atoms with Crippen LogP contribution in [0.15, 0.2) is 97.6 Å². The molecule has 0 bridgehead atoms. The van der Waals surface area contributed by atoms with Crippen LogP contribution in [0.2, 0.25) is 0 Å². The summed E-state index contributed by atoms with van der Waals surface area (Å²) in [6.07, 6.45) is 15.3. The molecule has 6 nitrogen and oxygen atoms in total. The Morgan fingerprint density at radius 1 is 0.300 bits per heavy atom. The minimum Gasteiger partial charge on any atom is -0.254 e. The molecule has 238 valence electrons. The van der Waals surface area contributed by atoms with E-state index in [-0.39, 0.29) is 0 Å². The van der Waals surface area contributed by atoms with E-state index in [1.807, 2.05) is 49.1 Å². The zero-order valence-corrected chi connectivity index (χ0v) is 27.6. The molecule has 0 radical (unpaired) electrons. The average molecular weight is 645 g/mol. The molecule has 7 aromatic rings. The van der Waals surface area contributed by atoms with E-state index in [4.69, 9.17) is 29.9 Å². The number of hydrogen-bond acceptors (Lipinski definition) is 6. The van der Waals surface area contributed by atoms with Crippen LogP contribution >= 0.6 is 0 Å². The molecule has 4 aliphatic carbocycles. The Balaban J connectivity index is 1.12. The van der Waals surface area contributed by atoms with Crippen molar-refractivity contribution in [2.45, 2.75) is 51.4 Å². The van der Waals surface area contributed by atoms with Crippen LogP contribution in [0.3, 0.4) is 0 Å². The van der Waals surface area contributed by atoms with E-state index in [1.54, 1.807) is 0 Å². The van der Waals surface area contributed by atoms with Crippen LogP contribution in [-0.4, -0.2) is 29.9 Å². The van der Waals surface area contributed by atoms with Gasteiger partial charge in [-0.2, -0.15) is 0 Å². The predicted octanol–water partition coefficient (Wildman–Crippen LogP) is 8.45. The van der Waals surface area contributed by atoms with Gasteiger partial charge in [0.05, 0.1) is 45.6 Å². The molecule has 0 saturated heterocycles. The fraction of sp³-hybridized carbons (Fsp3) is 0.182. The summed E-state index contributed by atoms with van der Waals surface area (Å²) < 4.78 is 0. The second-order valence-electron chi connectivity index (χ2n) is 13.9. The molecule has 0 fully saturated rings. The Morgan fingerprint density at radius 2 is 0.580 bits per heavy atom. The molecular weight excluding hydrogens is 613 g/mol. The van der Waals surface area contributed by atoms with Gasteiger partial charge >= 0.3 is 0 Å². The van der Waals surface area contributed by atoms with Crippen LogP contribution in [0.25, 0.3) is 67.8 Å². The summed E-state index contributed by atoms with van der Waals surface area (Å²) in [6, 6.07) is 26.3. The van der Waals surface area contributed by atoms with Crippen molar-refractivity contribution in [2.24, 2.45) is 0 Å². The number of fused-ring (bicyclic) bond motifs is 12. The monoisotopic (exact) mass is 644 g/mol. The third-order valence-corrected chi connectivity index (χ3v) is 11.3. The number of pyridine rings is 6. The Labute approximate surface area is 290 Å². The lowest BCUT2D eigenvalue weighted by Gasteiger charge is -2.29. The predicted molar refractivity (Wildman–Crippen MR) is 195 cm³/mol. The van der Waals surface area contributed by atoms with Crippen LogP contribution < -0.4 is 0 Å². The second-order valence-corrected chi connectivity index (χ2v) is 13.9. The molecule has 6 heterocycles.